The number of aryl methyl sites for hydroxylation is 2. The second kappa shape index (κ2) is 7.77. The van der Waals surface area contributed by atoms with Gasteiger partial charge in [-0.3, -0.25) is 9.78 Å². The molecule has 5 nitrogen and oxygen atoms in total. The van der Waals surface area contributed by atoms with Crippen molar-refractivity contribution in [2.75, 3.05) is 32.1 Å². The molecule has 0 radical (unpaired) electrons. The van der Waals surface area contributed by atoms with E-state index in [-0.39, 0.29) is 12.0 Å². The molecule has 26 heavy (non-hydrogen) atoms. The van der Waals surface area contributed by atoms with Crippen LogP contribution in [0.25, 0.3) is 0 Å². The molecule has 1 amide bonds. The predicted molar refractivity (Wildman–Crippen MR) is 104 cm³/mol. The van der Waals surface area contributed by atoms with Crippen molar-refractivity contribution in [2.24, 2.45) is 0 Å². The number of aromatic nitrogens is 1. The van der Waals surface area contributed by atoms with Crippen molar-refractivity contribution in [1.29, 1.82) is 0 Å². The Kier molecular flexibility index (Phi) is 5.45. The molecule has 1 aliphatic rings. The van der Waals surface area contributed by atoms with Crippen LogP contribution in [0, 0.1) is 13.8 Å². The average Bonchev–Trinajstić information content (AvgIpc) is 2.65. The van der Waals surface area contributed by atoms with E-state index in [4.69, 9.17) is 4.74 Å². The lowest BCUT2D eigenvalue weighted by Crippen LogP contribution is -2.41. The topological polar surface area (TPSA) is 45.7 Å². The third-order valence-electron chi connectivity index (χ3n) is 4.85. The number of hydrogen-bond acceptors (Lipinski definition) is 4. The Balaban J connectivity index is 1.60. The molecule has 0 atom stereocenters. The summed E-state index contributed by atoms with van der Waals surface area (Å²) in [6, 6.07) is 8.17. The minimum atomic E-state index is 0.0476. The number of nitrogens with zero attached hydrogens (tertiary/aromatic N) is 3. The number of piperidine rings is 1. The lowest BCUT2D eigenvalue weighted by atomic mass is 10.1. The van der Waals surface area contributed by atoms with Crippen molar-refractivity contribution >= 4 is 11.6 Å². The van der Waals surface area contributed by atoms with Crippen molar-refractivity contribution in [3.05, 3.63) is 53.3 Å². The number of amides is 1. The fourth-order valence-electron chi connectivity index (χ4n) is 3.16. The highest BCUT2D eigenvalue weighted by Gasteiger charge is 2.25. The maximum atomic E-state index is 12.8. The van der Waals surface area contributed by atoms with Crippen LogP contribution < -0.4 is 9.64 Å². The van der Waals surface area contributed by atoms with E-state index in [2.05, 4.69) is 37.0 Å². The van der Waals surface area contributed by atoms with Crippen molar-refractivity contribution in [3.63, 3.8) is 0 Å². The smallest absolute Gasteiger partial charge is 0.255 e. The minimum Gasteiger partial charge on any atom is -0.490 e. The minimum absolute atomic E-state index is 0.0476. The van der Waals surface area contributed by atoms with Gasteiger partial charge in [-0.15, -0.1) is 0 Å². The number of pyridine rings is 1. The largest absolute Gasteiger partial charge is 0.490 e. The zero-order valence-electron chi connectivity index (χ0n) is 16.0. The molecule has 1 aliphatic heterocycles. The van der Waals surface area contributed by atoms with Gasteiger partial charge in [0.2, 0.25) is 0 Å². The molecule has 0 bridgehead atoms. The Morgan fingerprint density at radius 2 is 1.88 bits per heavy atom. The van der Waals surface area contributed by atoms with E-state index in [1.165, 1.54) is 5.56 Å². The van der Waals surface area contributed by atoms with E-state index < -0.39 is 0 Å². The number of rotatable bonds is 4. The first-order valence-electron chi connectivity index (χ1n) is 9.09. The van der Waals surface area contributed by atoms with Gasteiger partial charge in [-0.25, -0.2) is 0 Å². The standard InChI is InChI=1S/C21H27N3O2/c1-15-5-6-16(2)20(11-15)26-19-7-9-24(10-8-19)21(25)17-12-18(23(3)4)14-22-13-17/h5-6,11-14,19H,7-10H2,1-4H3. The maximum absolute atomic E-state index is 12.8. The van der Waals surface area contributed by atoms with E-state index in [1.807, 2.05) is 30.0 Å². The molecule has 0 aliphatic carbocycles. The lowest BCUT2D eigenvalue weighted by molar-refractivity contribution is 0.0594. The second-order valence-electron chi connectivity index (χ2n) is 7.20. The number of carbonyl (C=O) groups is 1. The van der Waals surface area contributed by atoms with E-state index in [0.717, 1.165) is 29.8 Å². The number of hydrogen-bond donors (Lipinski definition) is 0. The molecule has 0 N–H and O–H groups in total. The second-order valence-corrected chi connectivity index (χ2v) is 7.20. The Bertz CT molecular complexity index is 781. The van der Waals surface area contributed by atoms with Crippen molar-refractivity contribution in [3.8, 4) is 5.75 Å². The van der Waals surface area contributed by atoms with Crippen LogP contribution in [0.15, 0.2) is 36.7 Å². The van der Waals surface area contributed by atoms with Gasteiger partial charge in [0.05, 0.1) is 17.4 Å². The Labute approximate surface area is 155 Å². The summed E-state index contributed by atoms with van der Waals surface area (Å²) in [5.41, 5.74) is 3.93. The normalized spacial score (nSPS) is 15.0. The van der Waals surface area contributed by atoms with Crippen LogP contribution in [0.1, 0.15) is 34.3 Å². The summed E-state index contributed by atoms with van der Waals surface area (Å²) >= 11 is 0. The number of benzene rings is 1. The van der Waals surface area contributed by atoms with Crippen LogP contribution in [-0.2, 0) is 0 Å². The summed E-state index contributed by atoms with van der Waals surface area (Å²) in [7, 11) is 3.89. The van der Waals surface area contributed by atoms with Crippen molar-refractivity contribution in [2.45, 2.75) is 32.8 Å². The Morgan fingerprint density at radius 1 is 1.15 bits per heavy atom. The fourth-order valence-corrected chi connectivity index (χ4v) is 3.16. The third-order valence-corrected chi connectivity index (χ3v) is 4.85. The zero-order valence-corrected chi connectivity index (χ0v) is 16.0. The first-order valence-corrected chi connectivity index (χ1v) is 9.09. The summed E-state index contributed by atoms with van der Waals surface area (Å²) in [5.74, 6) is 1.00. The van der Waals surface area contributed by atoms with Gasteiger partial charge in [-0.05, 0) is 37.1 Å². The van der Waals surface area contributed by atoms with Crippen LogP contribution >= 0.6 is 0 Å². The molecule has 0 unspecified atom stereocenters. The van der Waals surface area contributed by atoms with E-state index in [0.29, 0.717) is 18.7 Å². The molecule has 0 saturated carbocycles. The van der Waals surface area contributed by atoms with Gasteiger partial charge in [0.15, 0.2) is 0 Å². The van der Waals surface area contributed by atoms with Gasteiger partial charge >= 0.3 is 0 Å². The molecule has 2 heterocycles. The number of ether oxygens (including phenoxy) is 1. The summed E-state index contributed by atoms with van der Waals surface area (Å²) in [6.45, 7) is 5.56. The summed E-state index contributed by atoms with van der Waals surface area (Å²) in [4.78, 5) is 20.8. The van der Waals surface area contributed by atoms with E-state index in [9.17, 15) is 4.79 Å². The highest BCUT2D eigenvalue weighted by Crippen LogP contribution is 2.24. The van der Waals surface area contributed by atoms with Gasteiger partial charge in [0.25, 0.3) is 5.91 Å². The van der Waals surface area contributed by atoms with Gasteiger partial charge in [-0.1, -0.05) is 12.1 Å². The van der Waals surface area contributed by atoms with Crippen molar-refractivity contribution < 1.29 is 9.53 Å². The molecule has 1 fully saturated rings. The third kappa shape index (κ3) is 4.15. The van der Waals surface area contributed by atoms with Gasteiger partial charge in [-0.2, -0.15) is 0 Å². The number of likely N-dealkylation sites (tertiary alicyclic amines) is 1. The van der Waals surface area contributed by atoms with Gasteiger partial charge in [0.1, 0.15) is 11.9 Å². The molecule has 1 aromatic heterocycles. The number of anilines is 1. The SMILES string of the molecule is Cc1ccc(C)c(OC2CCN(C(=O)c3cncc(N(C)C)c3)CC2)c1. The summed E-state index contributed by atoms with van der Waals surface area (Å²) in [6.07, 6.45) is 5.26. The number of carbonyl (C=O) groups excluding carboxylic acids is 1. The van der Waals surface area contributed by atoms with Gasteiger partial charge in [0, 0.05) is 46.2 Å². The maximum Gasteiger partial charge on any atom is 0.255 e. The molecule has 5 heteroatoms. The molecule has 1 saturated heterocycles. The Hall–Kier alpha value is -2.56. The fraction of sp³-hybridized carbons (Fsp3) is 0.429. The summed E-state index contributed by atoms with van der Waals surface area (Å²) < 4.78 is 6.19. The van der Waals surface area contributed by atoms with Gasteiger partial charge < -0.3 is 14.5 Å². The monoisotopic (exact) mass is 353 g/mol. The zero-order chi connectivity index (χ0) is 18.7. The highest BCUT2D eigenvalue weighted by atomic mass is 16.5. The van der Waals surface area contributed by atoms with Crippen LogP contribution in [0.2, 0.25) is 0 Å². The van der Waals surface area contributed by atoms with E-state index >= 15 is 0 Å². The molecule has 2 aromatic rings. The molecule has 138 valence electrons. The molecular formula is C21H27N3O2. The average molecular weight is 353 g/mol. The van der Waals surface area contributed by atoms with Crippen molar-refractivity contribution in [1.82, 2.24) is 9.88 Å². The molecule has 3 rings (SSSR count). The predicted octanol–water partition coefficient (Wildman–Crippen LogP) is 3.45. The quantitative estimate of drug-likeness (QED) is 0.845. The first-order chi connectivity index (χ1) is 12.4. The van der Waals surface area contributed by atoms with Crippen LogP contribution in [0.3, 0.4) is 0 Å². The van der Waals surface area contributed by atoms with Crippen LogP contribution in [-0.4, -0.2) is 49.1 Å². The lowest BCUT2D eigenvalue weighted by Gasteiger charge is -2.32. The highest BCUT2D eigenvalue weighted by molar-refractivity contribution is 5.94. The molecule has 0 spiro atoms. The summed E-state index contributed by atoms with van der Waals surface area (Å²) in [5, 5.41) is 0. The van der Waals surface area contributed by atoms with Crippen LogP contribution in [0.4, 0.5) is 5.69 Å². The first kappa shape index (κ1) is 18.2. The molecule has 1 aromatic carbocycles. The van der Waals surface area contributed by atoms with E-state index in [1.54, 1.807) is 12.4 Å². The Morgan fingerprint density at radius 3 is 2.58 bits per heavy atom. The molecular weight excluding hydrogens is 326 g/mol. The van der Waals surface area contributed by atoms with Crippen LogP contribution in [0.5, 0.6) is 5.75 Å².